The second-order valence-corrected chi connectivity index (χ2v) is 7.11. The molecule has 3 rings (SSSR count). The van der Waals surface area contributed by atoms with E-state index in [1.807, 2.05) is 30.3 Å². The Kier molecular flexibility index (Phi) is 6.11. The van der Waals surface area contributed by atoms with Crippen LogP contribution in [0.2, 0.25) is 0 Å². The average molecular weight is 421 g/mol. The SMILES string of the molecule is O=C(NCC(=O)N1CCC[C@H]1C[C@H](O)c1ccccc1)c1ccc(Br)o1. The van der Waals surface area contributed by atoms with Gasteiger partial charge in [0.15, 0.2) is 10.4 Å². The number of nitrogens with one attached hydrogen (secondary N) is 1. The van der Waals surface area contributed by atoms with Crippen molar-refractivity contribution in [2.45, 2.75) is 31.4 Å². The fourth-order valence-electron chi connectivity index (χ4n) is 3.26. The number of carbonyl (C=O) groups is 2. The van der Waals surface area contributed by atoms with Gasteiger partial charge in [-0.05, 0) is 52.9 Å². The standard InChI is InChI=1S/C19H21BrN2O4/c20-17-9-8-16(26-17)19(25)21-12-18(24)22-10-4-7-14(22)11-15(23)13-5-2-1-3-6-13/h1-3,5-6,8-9,14-15,23H,4,7,10-12H2,(H,21,25)/t14-,15-/m0/s1. The molecule has 2 heterocycles. The van der Waals surface area contributed by atoms with Crippen LogP contribution in [0.25, 0.3) is 0 Å². The van der Waals surface area contributed by atoms with Gasteiger partial charge in [-0.15, -0.1) is 0 Å². The summed E-state index contributed by atoms with van der Waals surface area (Å²) in [5.41, 5.74) is 0.850. The summed E-state index contributed by atoms with van der Waals surface area (Å²) in [5, 5.41) is 13.0. The Morgan fingerprint density at radius 2 is 2.04 bits per heavy atom. The molecule has 7 heteroatoms. The minimum atomic E-state index is -0.607. The van der Waals surface area contributed by atoms with Crippen molar-refractivity contribution in [1.82, 2.24) is 10.2 Å². The van der Waals surface area contributed by atoms with Gasteiger partial charge in [0.25, 0.3) is 5.91 Å². The van der Waals surface area contributed by atoms with Crippen LogP contribution in [0.4, 0.5) is 0 Å². The summed E-state index contributed by atoms with van der Waals surface area (Å²) in [5.74, 6) is -0.419. The van der Waals surface area contributed by atoms with Crippen LogP contribution < -0.4 is 5.32 Å². The number of furan rings is 1. The van der Waals surface area contributed by atoms with Gasteiger partial charge in [0.2, 0.25) is 5.91 Å². The zero-order valence-corrected chi connectivity index (χ0v) is 15.8. The van der Waals surface area contributed by atoms with Crippen molar-refractivity contribution in [2.75, 3.05) is 13.1 Å². The third kappa shape index (κ3) is 4.53. The summed E-state index contributed by atoms with van der Waals surface area (Å²) in [7, 11) is 0. The molecule has 0 spiro atoms. The molecule has 1 aliphatic heterocycles. The number of halogens is 1. The number of benzene rings is 1. The normalized spacial score (nSPS) is 17.9. The first-order valence-corrected chi connectivity index (χ1v) is 9.40. The van der Waals surface area contributed by atoms with Crippen molar-refractivity contribution >= 4 is 27.7 Å². The molecule has 1 aliphatic rings. The molecule has 1 aromatic heterocycles. The van der Waals surface area contributed by atoms with E-state index in [1.54, 1.807) is 17.0 Å². The third-order valence-corrected chi connectivity index (χ3v) is 5.00. The summed E-state index contributed by atoms with van der Waals surface area (Å²) in [6.45, 7) is 0.558. The molecule has 1 saturated heterocycles. The van der Waals surface area contributed by atoms with E-state index in [0.717, 1.165) is 18.4 Å². The van der Waals surface area contributed by atoms with Gasteiger partial charge >= 0.3 is 0 Å². The highest BCUT2D eigenvalue weighted by molar-refractivity contribution is 9.10. The number of aliphatic hydroxyl groups excluding tert-OH is 1. The van der Waals surface area contributed by atoms with Gasteiger partial charge in [-0.25, -0.2) is 0 Å². The van der Waals surface area contributed by atoms with Crippen molar-refractivity contribution in [3.8, 4) is 0 Å². The molecule has 6 nitrogen and oxygen atoms in total. The lowest BCUT2D eigenvalue weighted by atomic mass is 10.0. The lowest BCUT2D eigenvalue weighted by Gasteiger charge is -2.27. The Morgan fingerprint density at radius 3 is 2.73 bits per heavy atom. The number of rotatable bonds is 6. The summed E-state index contributed by atoms with van der Waals surface area (Å²) in [6, 6.07) is 12.6. The van der Waals surface area contributed by atoms with Crippen LogP contribution in [-0.2, 0) is 4.79 Å². The zero-order chi connectivity index (χ0) is 18.5. The van der Waals surface area contributed by atoms with E-state index >= 15 is 0 Å². The molecule has 138 valence electrons. The largest absolute Gasteiger partial charge is 0.444 e. The minimum Gasteiger partial charge on any atom is -0.444 e. The first kappa shape index (κ1) is 18.7. The Morgan fingerprint density at radius 1 is 1.27 bits per heavy atom. The van der Waals surface area contributed by atoms with E-state index < -0.39 is 12.0 Å². The molecular formula is C19H21BrN2O4. The van der Waals surface area contributed by atoms with E-state index in [-0.39, 0.29) is 24.3 Å². The molecular weight excluding hydrogens is 400 g/mol. The predicted molar refractivity (Wildman–Crippen MR) is 99.5 cm³/mol. The molecule has 0 bridgehead atoms. The Bertz CT molecular complexity index is 762. The second kappa shape index (κ2) is 8.51. The zero-order valence-electron chi connectivity index (χ0n) is 14.2. The molecule has 0 aliphatic carbocycles. The lowest BCUT2D eigenvalue weighted by molar-refractivity contribution is -0.131. The van der Waals surface area contributed by atoms with E-state index in [9.17, 15) is 14.7 Å². The van der Waals surface area contributed by atoms with Crippen LogP contribution >= 0.6 is 15.9 Å². The number of carbonyl (C=O) groups excluding carboxylic acids is 2. The quantitative estimate of drug-likeness (QED) is 0.752. The summed E-state index contributed by atoms with van der Waals surface area (Å²) in [4.78, 5) is 26.2. The maximum absolute atomic E-state index is 12.5. The smallest absolute Gasteiger partial charge is 0.287 e. The van der Waals surface area contributed by atoms with E-state index in [4.69, 9.17) is 4.42 Å². The van der Waals surface area contributed by atoms with Gasteiger partial charge in [-0.2, -0.15) is 0 Å². The Hall–Kier alpha value is -2.12. The van der Waals surface area contributed by atoms with Crippen LogP contribution in [0.15, 0.2) is 51.6 Å². The van der Waals surface area contributed by atoms with Crippen molar-refractivity contribution in [3.63, 3.8) is 0 Å². The number of aliphatic hydroxyl groups is 1. The number of likely N-dealkylation sites (tertiary alicyclic amines) is 1. The summed E-state index contributed by atoms with van der Waals surface area (Å²) < 4.78 is 5.63. The van der Waals surface area contributed by atoms with Gasteiger partial charge in [-0.1, -0.05) is 30.3 Å². The first-order chi connectivity index (χ1) is 12.5. The highest BCUT2D eigenvalue weighted by Crippen LogP contribution is 2.27. The second-order valence-electron chi connectivity index (χ2n) is 6.33. The maximum Gasteiger partial charge on any atom is 0.287 e. The molecule has 0 unspecified atom stereocenters. The van der Waals surface area contributed by atoms with Gasteiger partial charge in [0.05, 0.1) is 12.6 Å². The first-order valence-electron chi connectivity index (χ1n) is 8.60. The topological polar surface area (TPSA) is 82.8 Å². The van der Waals surface area contributed by atoms with E-state index in [1.165, 1.54) is 0 Å². The van der Waals surface area contributed by atoms with Crippen LogP contribution in [0, 0.1) is 0 Å². The fourth-order valence-corrected chi connectivity index (χ4v) is 3.57. The number of amides is 2. The summed E-state index contributed by atoms with van der Waals surface area (Å²) in [6.07, 6.45) is 1.64. The van der Waals surface area contributed by atoms with E-state index in [0.29, 0.717) is 17.6 Å². The van der Waals surface area contributed by atoms with Gasteiger partial charge in [0, 0.05) is 12.6 Å². The Balaban J connectivity index is 1.54. The molecule has 2 atom stereocenters. The molecule has 26 heavy (non-hydrogen) atoms. The van der Waals surface area contributed by atoms with Crippen molar-refractivity contribution in [2.24, 2.45) is 0 Å². The number of hydrogen-bond acceptors (Lipinski definition) is 4. The molecule has 1 aromatic carbocycles. The third-order valence-electron chi connectivity index (χ3n) is 4.57. The lowest BCUT2D eigenvalue weighted by Crippen LogP contribution is -2.43. The highest BCUT2D eigenvalue weighted by atomic mass is 79.9. The molecule has 0 saturated carbocycles. The molecule has 0 radical (unpaired) electrons. The van der Waals surface area contributed by atoms with Gasteiger partial charge < -0.3 is 19.7 Å². The Labute approximate surface area is 160 Å². The van der Waals surface area contributed by atoms with Crippen LogP contribution in [-0.4, -0.2) is 41.0 Å². The van der Waals surface area contributed by atoms with Crippen LogP contribution in [0.3, 0.4) is 0 Å². The number of hydrogen-bond donors (Lipinski definition) is 2. The average Bonchev–Trinajstić information content (AvgIpc) is 3.29. The minimum absolute atomic E-state index is 0.0210. The van der Waals surface area contributed by atoms with Crippen molar-refractivity contribution in [1.29, 1.82) is 0 Å². The number of nitrogens with zero attached hydrogens (tertiary/aromatic N) is 1. The van der Waals surface area contributed by atoms with Crippen LogP contribution in [0.5, 0.6) is 0 Å². The predicted octanol–water partition coefficient (Wildman–Crippen LogP) is 2.89. The monoisotopic (exact) mass is 420 g/mol. The van der Waals surface area contributed by atoms with Gasteiger partial charge in [0.1, 0.15) is 0 Å². The molecule has 1 fully saturated rings. The van der Waals surface area contributed by atoms with Gasteiger partial charge in [-0.3, -0.25) is 9.59 Å². The fraction of sp³-hybridized carbons (Fsp3) is 0.368. The van der Waals surface area contributed by atoms with Crippen LogP contribution in [0.1, 0.15) is 41.5 Å². The summed E-state index contributed by atoms with van der Waals surface area (Å²) >= 11 is 3.14. The van der Waals surface area contributed by atoms with E-state index in [2.05, 4.69) is 21.2 Å². The van der Waals surface area contributed by atoms with Crippen molar-refractivity contribution in [3.05, 3.63) is 58.5 Å². The molecule has 2 amide bonds. The maximum atomic E-state index is 12.5. The highest BCUT2D eigenvalue weighted by Gasteiger charge is 2.30. The molecule has 2 N–H and O–H groups in total. The molecule has 2 aromatic rings. The van der Waals surface area contributed by atoms with Crippen molar-refractivity contribution < 1.29 is 19.1 Å².